The summed E-state index contributed by atoms with van der Waals surface area (Å²) in [6.07, 6.45) is 1.92. The molecular weight excluding hydrogens is 326 g/mol. The van der Waals surface area contributed by atoms with E-state index in [0.717, 1.165) is 48.2 Å². The smallest absolute Gasteiger partial charge is 0.161 e. The molecule has 0 radical (unpaired) electrons. The van der Waals surface area contributed by atoms with Crippen LogP contribution in [-0.4, -0.2) is 45.5 Å². The lowest BCUT2D eigenvalue weighted by atomic mass is 10.2. The van der Waals surface area contributed by atoms with Gasteiger partial charge in [0.25, 0.3) is 0 Å². The molecule has 0 aliphatic carbocycles. The molecule has 1 aliphatic heterocycles. The lowest BCUT2D eigenvalue weighted by molar-refractivity contribution is 0.0267. The molecule has 1 atom stereocenters. The maximum atomic E-state index is 5.97. The number of hydrogen-bond acceptors (Lipinski definition) is 5. The van der Waals surface area contributed by atoms with Crippen LogP contribution in [0, 0.1) is 13.8 Å². The third-order valence-corrected chi connectivity index (χ3v) is 4.62. The third-order valence-electron chi connectivity index (χ3n) is 4.62. The van der Waals surface area contributed by atoms with E-state index in [1.54, 1.807) is 0 Å². The second-order valence-electron chi connectivity index (χ2n) is 6.65. The minimum absolute atomic E-state index is 0.0943. The highest BCUT2D eigenvalue weighted by Crippen LogP contribution is 2.20. The average Bonchev–Trinajstić information content (AvgIpc) is 3.00. The summed E-state index contributed by atoms with van der Waals surface area (Å²) in [4.78, 5) is 11.5. The van der Waals surface area contributed by atoms with Crippen molar-refractivity contribution in [2.75, 3.05) is 24.6 Å². The van der Waals surface area contributed by atoms with Crippen LogP contribution in [0.1, 0.15) is 11.4 Å². The van der Waals surface area contributed by atoms with Crippen LogP contribution in [0.5, 0.6) is 0 Å². The molecule has 3 aromatic rings. The molecule has 26 heavy (non-hydrogen) atoms. The zero-order chi connectivity index (χ0) is 17.9. The lowest BCUT2D eigenvalue weighted by Gasteiger charge is -2.34. The fourth-order valence-corrected chi connectivity index (χ4v) is 3.34. The number of nitrogens with zero attached hydrogens (tertiary/aromatic N) is 5. The van der Waals surface area contributed by atoms with Crippen LogP contribution in [0.2, 0.25) is 0 Å². The molecule has 134 valence electrons. The van der Waals surface area contributed by atoms with Gasteiger partial charge in [-0.05, 0) is 26.0 Å². The number of benzene rings is 1. The molecule has 1 saturated heterocycles. The van der Waals surface area contributed by atoms with E-state index in [-0.39, 0.29) is 6.10 Å². The standard InChI is InChI=1S/C20H23N5O/c1-15-12-16(2)25(23-15)14-18-13-24(10-11-26-18)19-8-9-21-20(22-19)17-6-4-3-5-7-17/h3-9,12,18H,10-11,13-14H2,1-2H3/t18-/m0/s1. The predicted octanol–water partition coefficient (Wildman–Crippen LogP) is 2.86. The molecule has 0 unspecified atom stereocenters. The minimum Gasteiger partial charge on any atom is -0.373 e. The number of anilines is 1. The summed E-state index contributed by atoms with van der Waals surface area (Å²) in [6, 6.07) is 14.1. The number of morpholine rings is 1. The van der Waals surface area contributed by atoms with Gasteiger partial charge in [-0.15, -0.1) is 0 Å². The first-order chi connectivity index (χ1) is 12.7. The summed E-state index contributed by atoms with van der Waals surface area (Å²) in [7, 11) is 0. The summed E-state index contributed by atoms with van der Waals surface area (Å²) < 4.78 is 7.99. The van der Waals surface area contributed by atoms with E-state index in [1.807, 2.05) is 54.2 Å². The van der Waals surface area contributed by atoms with Crippen LogP contribution in [0.3, 0.4) is 0 Å². The Labute approximate surface area is 153 Å². The molecule has 6 heteroatoms. The first-order valence-corrected chi connectivity index (χ1v) is 8.95. The van der Waals surface area contributed by atoms with Crippen molar-refractivity contribution in [3.8, 4) is 11.4 Å². The molecule has 0 saturated carbocycles. The zero-order valence-electron chi connectivity index (χ0n) is 15.2. The van der Waals surface area contributed by atoms with Crippen molar-refractivity contribution in [2.45, 2.75) is 26.5 Å². The van der Waals surface area contributed by atoms with Crippen LogP contribution < -0.4 is 4.90 Å². The Bertz CT molecular complexity index is 877. The van der Waals surface area contributed by atoms with Crippen molar-refractivity contribution < 1.29 is 4.74 Å². The highest BCUT2D eigenvalue weighted by Gasteiger charge is 2.23. The van der Waals surface area contributed by atoms with Gasteiger partial charge >= 0.3 is 0 Å². The van der Waals surface area contributed by atoms with Gasteiger partial charge in [-0.2, -0.15) is 5.10 Å². The van der Waals surface area contributed by atoms with Gasteiger partial charge in [-0.25, -0.2) is 9.97 Å². The Morgan fingerprint density at radius 2 is 2.00 bits per heavy atom. The van der Waals surface area contributed by atoms with E-state index in [2.05, 4.69) is 28.0 Å². The van der Waals surface area contributed by atoms with Crippen LogP contribution in [0.15, 0.2) is 48.7 Å². The largest absolute Gasteiger partial charge is 0.373 e. The van der Waals surface area contributed by atoms with Gasteiger partial charge in [-0.1, -0.05) is 30.3 Å². The molecule has 1 fully saturated rings. The van der Waals surface area contributed by atoms with Crippen molar-refractivity contribution in [3.63, 3.8) is 0 Å². The molecule has 4 rings (SSSR count). The van der Waals surface area contributed by atoms with Gasteiger partial charge in [0, 0.05) is 30.5 Å². The Morgan fingerprint density at radius 3 is 2.77 bits per heavy atom. The normalized spacial score (nSPS) is 17.5. The summed E-state index contributed by atoms with van der Waals surface area (Å²) in [5.74, 6) is 1.70. The predicted molar refractivity (Wildman–Crippen MR) is 101 cm³/mol. The Morgan fingerprint density at radius 1 is 1.15 bits per heavy atom. The molecule has 0 spiro atoms. The number of ether oxygens (including phenoxy) is 1. The van der Waals surface area contributed by atoms with E-state index in [1.165, 1.54) is 0 Å². The Hall–Kier alpha value is -2.73. The topological polar surface area (TPSA) is 56.1 Å². The molecule has 6 nitrogen and oxygen atoms in total. The molecule has 1 aromatic carbocycles. The van der Waals surface area contributed by atoms with Crippen molar-refractivity contribution in [3.05, 3.63) is 60.0 Å². The average molecular weight is 349 g/mol. The van der Waals surface area contributed by atoms with Crippen molar-refractivity contribution in [2.24, 2.45) is 0 Å². The van der Waals surface area contributed by atoms with Crippen molar-refractivity contribution >= 4 is 5.82 Å². The quantitative estimate of drug-likeness (QED) is 0.725. The highest BCUT2D eigenvalue weighted by molar-refractivity contribution is 5.57. The summed E-state index contributed by atoms with van der Waals surface area (Å²) >= 11 is 0. The van der Waals surface area contributed by atoms with Gasteiger partial charge in [0.2, 0.25) is 0 Å². The van der Waals surface area contributed by atoms with Gasteiger partial charge in [0.1, 0.15) is 5.82 Å². The van der Waals surface area contributed by atoms with Crippen LogP contribution in [0.25, 0.3) is 11.4 Å². The first-order valence-electron chi connectivity index (χ1n) is 8.95. The molecule has 2 aromatic heterocycles. The van der Waals surface area contributed by atoms with E-state index in [4.69, 9.17) is 9.72 Å². The molecule has 1 aliphatic rings. The van der Waals surface area contributed by atoms with Crippen LogP contribution in [-0.2, 0) is 11.3 Å². The van der Waals surface area contributed by atoms with E-state index in [0.29, 0.717) is 6.61 Å². The summed E-state index contributed by atoms with van der Waals surface area (Å²) in [5.41, 5.74) is 3.23. The van der Waals surface area contributed by atoms with E-state index in [9.17, 15) is 0 Å². The molecule has 0 bridgehead atoms. The molecule has 3 heterocycles. The maximum absolute atomic E-state index is 5.97. The number of rotatable bonds is 4. The van der Waals surface area contributed by atoms with Crippen molar-refractivity contribution in [1.82, 2.24) is 19.7 Å². The van der Waals surface area contributed by atoms with E-state index >= 15 is 0 Å². The number of hydrogen-bond donors (Lipinski definition) is 0. The third kappa shape index (κ3) is 3.60. The van der Waals surface area contributed by atoms with Gasteiger partial charge in [0.05, 0.1) is 24.9 Å². The van der Waals surface area contributed by atoms with Gasteiger partial charge in [0.15, 0.2) is 5.82 Å². The monoisotopic (exact) mass is 349 g/mol. The second kappa shape index (κ2) is 7.25. The zero-order valence-corrected chi connectivity index (χ0v) is 15.2. The van der Waals surface area contributed by atoms with E-state index < -0.39 is 0 Å². The molecule has 0 amide bonds. The molecule has 0 N–H and O–H groups in total. The fraction of sp³-hybridized carbons (Fsp3) is 0.350. The van der Waals surface area contributed by atoms with Gasteiger partial charge < -0.3 is 9.64 Å². The number of aromatic nitrogens is 4. The van der Waals surface area contributed by atoms with Crippen LogP contribution >= 0.6 is 0 Å². The number of aryl methyl sites for hydroxylation is 2. The summed E-state index contributed by atoms with van der Waals surface area (Å²) in [6.45, 7) is 7.17. The summed E-state index contributed by atoms with van der Waals surface area (Å²) in [5, 5.41) is 4.55. The first kappa shape index (κ1) is 16.7. The van der Waals surface area contributed by atoms with Gasteiger partial charge in [-0.3, -0.25) is 4.68 Å². The van der Waals surface area contributed by atoms with Crippen molar-refractivity contribution in [1.29, 1.82) is 0 Å². The van der Waals surface area contributed by atoms with Crippen LogP contribution in [0.4, 0.5) is 5.82 Å². The molecular formula is C20H23N5O. The fourth-order valence-electron chi connectivity index (χ4n) is 3.34. The lowest BCUT2D eigenvalue weighted by Crippen LogP contribution is -2.45. The Kier molecular flexibility index (Phi) is 4.67. The second-order valence-corrected chi connectivity index (χ2v) is 6.65. The Balaban J connectivity index is 1.50. The SMILES string of the molecule is Cc1cc(C)n(C[C@@H]2CN(c3ccnc(-c4ccccc4)n3)CCO2)n1. The highest BCUT2D eigenvalue weighted by atomic mass is 16.5. The minimum atomic E-state index is 0.0943. The maximum Gasteiger partial charge on any atom is 0.161 e.